The second-order valence-corrected chi connectivity index (χ2v) is 3.62. The molecule has 4 heteroatoms. The molecule has 0 fully saturated rings. The Balaban J connectivity index is 2.29. The Hall–Kier alpha value is -1.32. The van der Waals surface area contributed by atoms with Crippen molar-refractivity contribution in [1.29, 1.82) is 0 Å². The lowest BCUT2D eigenvalue weighted by atomic mass is 10.2. The van der Waals surface area contributed by atoms with Crippen LogP contribution in [0.2, 0.25) is 5.02 Å². The van der Waals surface area contributed by atoms with Crippen LogP contribution >= 0.6 is 11.6 Å². The maximum atomic E-state index is 5.87. The fraction of sp³-hybridized carbons (Fsp3) is 0.182. The summed E-state index contributed by atoms with van der Waals surface area (Å²) in [5.41, 5.74) is 6.30. The first-order valence-corrected chi connectivity index (χ1v) is 5.08. The van der Waals surface area contributed by atoms with E-state index in [1.165, 1.54) is 0 Å². The summed E-state index contributed by atoms with van der Waals surface area (Å²) in [4.78, 5) is 4.17. The van der Waals surface area contributed by atoms with Crippen molar-refractivity contribution >= 4 is 11.6 Å². The summed E-state index contributed by atoms with van der Waals surface area (Å²) in [6, 6.07) is 7.41. The van der Waals surface area contributed by atoms with Crippen LogP contribution in [0.1, 0.15) is 5.76 Å². The smallest absolute Gasteiger partial charge is 0.226 e. The lowest BCUT2D eigenvalue weighted by molar-refractivity contribution is 0.519. The van der Waals surface area contributed by atoms with Crippen LogP contribution in [0.25, 0.3) is 11.5 Å². The van der Waals surface area contributed by atoms with Crippen molar-refractivity contribution in [2.24, 2.45) is 5.73 Å². The Labute approximate surface area is 92.9 Å². The van der Waals surface area contributed by atoms with Crippen molar-refractivity contribution < 1.29 is 4.42 Å². The number of rotatable bonds is 3. The van der Waals surface area contributed by atoms with Crippen LogP contribution in [0, 0.1) is 0 Å². The van der Waals surface area contributed by atoms with E-state index in [2.05, 4.69) is 4.98 Å². The van der Waals surface area contributed by atoms with Crippen LogP contribution in [0.5, 0.6) is 0 Å². The first kappa shape index (κ1) is 10.2. The minimum absolute atomic E-state index is 0.560. The van der Waals surface area contributed by atoms with Crippen molar-refractivity contribution in [1.82, 2.24) is 4.98 Å². The molecule has 1 aromatic carbocycles. The third-order valence-electron chi connectivity index (χ3n) is 2.02. The molecule has 0 aliphatic rings. The Morgan fingerprint density at radius 3 is 3.00 bits per heavy atom. The highest BCUT2D eigenvalue weighted by molar-refractivity contribution is 6.30. The molecule has 0 spiro atoms. The summed E-state index contributed by atoms with van der Waals surface area (Å²) in [5, 5.41) is 0.672. The van der Waals surface area contributed by atoms with Crippen LogP contribution in [0.15, 0.2) is 34.9 Å². The van der Waals surface area contributed by atoms with E-state index in [0.29, 0.717) is 23.9 Å². The van der Waals surface area contributed by atoms with Gasteiger partial charge in [-0.25, -0.2) is 4.98 Å². The molecule has 0 bridgehead atoms. The predicted octanol–water partition coefficient (Wildman–Crippen LogP) is 2.50. The van der Waals surface area contributed by atoms with E-state index in [1.54, 1.807) is 6.20 Å². The number of hydrogen-bond donors (Lipinski definition) is 1. The van der Waals surface area contributed by atoms with Crippen molar-refractivity contribution in [2.45, 2.75) is 6.42 Å². The van der Waals surface area contributed by atoms with Gasteiger partial charge in [-0.3, -0.25) is 0 Å². The minimum Gasteiger partial charge on any atom is -0.441 e. The van der Waals surface area contributed by atoms with E-state index in [0.717, 1.165) is 11.3 Å². The number of nitrogens with two attached hydrogens (primary N) is 1. The van der Waals surface area contributed by atoms with E-state index in [4.69, 9.17) is 21.8 Å². The quantitative estimate of drug-likeness (QED) is 0.868. The normalized spacial score (nSPS) is 10.5. The molecule has 0 saturated heterocycles. The zero-order valence-corrected chi connectivity index (χ0v) is 8.87. The molecule has 0 saturated carbocycles. The van der Waals surface area contributed by atoms with Crippen LogP contribution in [-0.4, -0.2) is 11.5 Å². The van der Waals surface area contributed by atoms with Gasteiger partial charge in [0.05, 0.1) is 6.20 Å². The van der Waals surface area contributed by atoms with Crippen molar-refractivity contribution in [2.75, 3.05) is 6.54 Å². The molecule has 0 amide bonds. The Morgan fingerprint density at radius 1 is 1.40 bits per heavy atom. The minimum atomic E-state index is 0.560. The zero-order valence-electron chi connectivity index (χ0n) is 8.11. The second-order valence-electron chi connectivity index (χ2n) is 3.18. The van der Waals surface area contributed by atoms with Crippen LogP contribution in [0.3, 0.4) is 0 Å². The second kappa shape index (κ2) is 4.47. The Bertz CT molecular complexity index is 453. The molecule has 2 N–H and O–H groups in total. The van der Waals surface area contributed by atoms with Crippen molar-refractivity contribution in [3.05, 3.63) is 41.2 Å². The lowest BCUT2D eigenvalue weighted by Gasteiger charge is -1.95. The van der Waals surface area contributed by atoms with E-state index >= 15 is 0 Å². The number of oxazole rings is 1. The van der Waals surface area contributed by atoms with Crippen molar-refractivity contribution in [3.8, 4) is 11.5 Å². The molecule has 15 heavy (non-hydrogen) atoms. The maximum absolute atomic E-state index is 5.87. The molecular weight excluding hydrogens is 212 g/mol. The fourth-order valence-electron chi connectivity index (χ4n) is 1.32. The molecule has 2 aromatic rings. The average molecular weight is 223 g/mol. The third kappa shape index (κ3) is 2.37. The van der Waals surface area contributed by atoms with Crippen LogP contribution in [-0.2, 0) is 6.42 Å². The average Bonchev–Trinajstić information content (AvgIpc) is 2.67. The van der Waals surface area contributed by atoms with Crippen LogP contribution in [0.4, 0.5) is 0 Å². The zero-order chi connectivity index (χ0) is 10.7. The summed E-state index contributed by atoms with van der Waals surface area (Å²) in [7, 11) is 0. The van der Waals surface area contributed by atoms with Gasteiger partial charge in [0.2, 0.25) is 5.89 Å². The molecule has 1 heterocycles. The Morgan fingerprint density at radius 2 is 2.27 bits per heavy atom. The summed E-state index contributed by atoms with van der Waals surface area (Å²) >= 11 is 5.87. The van der Waals surface area contributed by atoms with Gasteiger partial charge in [-0.05, 0) is 24.7 Å². The molecule has 0 aliphatic heterocycles. The molecule has 0 atom stereocenters. The Kier molecular flexibility index (Phi) is 3.04. The first-order valence-electron chi connectivity index (χ1n) is 4.70. The van der Waals surface area contributed by atoms with E-state index in [-0.39, 0.29) is 0 Å². The van der Waals surface area contributed by atoms with Gasteiger partial charge in [0, 0.05) is 17.0 Å². The van der Waals surface area contributed by atoms with Crippen LogP contribution < -0.4 is 5.73 Å². The number of benzene rings is 1. The third-order valence-corrected chi connectivity index (χ3v) is 2.25. The molecule has 0 aliphatic carbocycles. The highest BCUT2D eigenvalue weighted by Crippen LogP contribution is 2.22. The monoisotopic (exact) mass is 222 g/mol. The topological polar surface area (TPSA) is 52.0 Å². The van der Waals surface area contributed by atoms with E-state index in [9.17, 15) is 0 Å². The SMILES string of the molecule is NCCc1cnc(-c2cccc(Cl)c2)o1. The molecule has 1 aromatic heterocycles. The van der Waals surface area contributed by atoms with E-state index in [1.807, 2.05) is 24.3 Å². The first-order chi connectivity index (χ1) is 7.29. The fourth-order valence-corrected chi connectivity index (χ4v) is 1.51. The van der Waals surface area contributed by atoms with Gasteiger partial charge < -0.3 is 10.2 Å². The number of hydrogen-bond acceptors (Lipinski definition) is 3. The van der Waals surface area contributed by atoms with Gasteiger partial charge in [0.1, 0.15) is 5.76 Å². The molecule has 3 nitrogen and oxygen atoms in total. The van der Waals surface area contributed by atoms with Gasteiger partial charge in [-0.15, -0.1) is 0 Å². The summed E-state index contributed by atoms with van der Waals surface area (Å²) < 4.78 is 5.52. The molecule has 0 unspecified atom stereocenters. The van der Waals surface area contributed by atoms with Crippen molar-refractivity contribution in [3.63, 3.8) is 0 Å². The summed E-state index contributed by atoms with van der Waals surface area (Å²) in [6.07, 6.45) is 2.40. The maximum Gasteiger partial charge on any atom is 0.226 e. The molecular formula is C11H11ClN2O. The van der Waals surface area contributed by atoms with Gasteiger partial charge in [-0.2, -0.15) is 0 Å². The van der Waals surface area contributed by atoms with Gasteiger partial charge >= 0.3 is 0 Å². The number of nitrogens with zero attached hydrogens (tertiary/aromatic N) is 1. The molecule has 0 radical (unpaired) electrons. The highest BCUT2D eigenvalue weighted by atomic mass is 35.5. The van der Waals surface area contributed by atoms with Gasteiger partial charge in [0.25, 0.3) is 0 Å². The number of halogens is 1. The lowest BCUT2D eigenvalue weighted by Crippen LogP contribution is -2.01. The number of aromatic nitrogens is 1. The predicted molar refractivity (Wildman–Crippen MR) is 59.7 cm³/mol. The molecule has 78 valence electrons. The summed E-state index contributed by atoms with van der Waals surface area (Å²) in [5.74, 6) is 1.38. The van der Waals surface area contributed by atoms with Gasteiger partial charge in [0.15, 0.2) is 0 Å². The van der Waals surface area contributed by atoms with E-state index < -0.39 is 0 Å². The highest BCUT2D eigenvalue weighted by Gasteiger charge is 2.05. The summed E-state index contributed by atoms with van der Waals surface area (Å²) in [6.45, 7) is 0.560. The van der Waals surface area contributed by atoms with Gasteiger partial charge in [-0.1, -0.05) is 17.7 Å². The largest absolute Gasteiger partial charge is 0.441 e. The standard InChI is InChI=1S/C11H11ClN2O/c12-9-3-1-2-8(6-9)11-14-7-10(15-11)4-5-13/h1-3,6-7H,4-5,13H2. The molecule has 2 rings (SSSR count).